The summed E-state index contributed by atoms with van der Waals surface area (Å²) in [4.78, 5) is 26.2. The largest absolute Gasteiger partial charge is 0.493 e. The lowest BCUT2D eigenvalue weighted by atomic mass is 10.1. The van der Waals surface area contributed by atoms with E-state index in [0.29, 0.717) is 24.6 Å². The van der Waals surface area contributed by atoms with Crippen LogP contribution in [0.2, 0.25) is 0 Å². The summed E-state index contributed by atoms with van der Waals surface area (Å²) in [6, 6.07) is 15.0. The van der Waals surface area contributed by atoms with Gasteiger partial charge in [0.05, 0.1) is 20.3 Å². The predicted molar refractivity (Wildman–Crippen MR) is 112 cm³/mol. The standard InChI is InChI=1S/C22H27N3O4/c1-28-19-11-10-18(14-20(19)29-2)25-15-17(13-21(25)26)24-22(27)23-12-6-9-16-7-4-3-5-8-16/h3-5,7-8,10-11,14,17H,6,9,12-13,15H2,1-2H3,(H2,23,24,27)/t17-/m0/s1. The molecule has 1 heterocycles. The molecule has 2 aromatic carbocycles. The normalized spacial score (nSPS) is 15.9. The number of amides is 3. The van der Waals surface area contributed by atoms with E-state index in [4.69, 9.17) is 9.47 Å². The number of hydrogen-bond acceptors (Lipinski definition) is 4. The van der Waals surface area contributed by atoms with Crippen molar-refractivity contribution in [3.8, 4) is 11.5 Å². The van der Waals surface area contributed by atoms with Crippen LogP contribution >= 0.6 is 0 Å². The molecule has 1 fully saturated rings. The summed E-state index contributed by atoms with van der Waals surface area (Å²) in [6.07, 6.45) is 2.04. The summed E-state index contributed by atoms with van der Waals surface area (Å²) in [7, 11) is 3.12. The van der Waals surface area contributed by atoms with Gasteiger partial charge in [-0.1, -0.05) is 30.3 Å². The molecule has 0 aliphatic carbocycles. The van der Waals surface area contributed by atoms with Crippen LogP contribution in [0.3, 0.4) is 0 Å². The van der Waals surface area contributed by atoms with Crippen molar-refractivity contribution in [2.24, 2.45) is 0 Å². The summed E-state index contributed by atoms with van der Waals surface area (Å²) in [6.45, 7) is 1.01. The van der Waals surface area contributed by atoms with Crippen molar-refractivity contribution in [3.05, 3.63) is 54.1 Å². The number of benzene rings is 2. The summed E-state index contributed by atoms with van der Waals surface area (Å²) in [5, 5.41) is 5.76. The Morgan fingerprint density at radius 3 is 2.59 bits per heavy atom. The molecule has 7 nitrogen and oxygen atoms in total. The van der Waals surface area contributed by atoms with E-state index in [9.17, 15) is 9.59 Å². The Balaban J connectivity index is 1.47. The maximum Gasteiger partial charge on any atom is 0.315 e. The number of aryl methyl sites for hydroxylation is 1. The van der Waals surface area contributed by atoms with Crippen molar-refractivity contribution < 1.29 is 19.1 Å². The average Bonchev–Trinajstić information content (AvgIpc) is 3.11. The highest BCUT2D eigenvalue weighted by molar-refractivity contribution is 5.97. The Hall–Kier alpha value is -3.22. The van der Waals surface area contributed by atoms with E-state index in [1.165, 1.54) is 5.56 Å². The molecule has 1 aliphatic rings. The molecule has 1 saturated heterocycles. The number of anilines is 1. The van der Waals surface area contributed by atoms with Crippen LogP contribution in [0.4, 0.5) is 10.5 Å². The molecule has 1 atom stereocenters. The monoisotopic (exact) mass is 397 g/mol. The molecule has 0 aromatic heterocycles. The molecular formula is C22H27N3O4. The van der Waals surface area contributed by atoms with E-state index < -0.39 is 0 Å². The van der Waals surface area contributed by atoms with E-state index in [1.807, 2.05) is 24.3 Å². The molecule has 2 aromatic rings. The molecule has 3 amide bonds. The van der Waals surface area contributed by atoms with Crippen LogP contribution in [0.25, 0.3) is 0 Å². The van der Waals surface area contributed by atoms with E-state index in [2.05, 4.69) is 22.8 Å². The van der Waals surface area contributed by atoms with Crippen LogP contribution in [-0.2, 0) is 11.2 Å². The number of methoxy groups -OCH3 is 2. The Morgan fingerprint density at radius 1 is 1.10 bits per heavy atom. The molecule has 2 N–H and O–H groups in total. The molecule has 154 valence electrons. The first-order chi connectivity index (χ1) is 14.1. The number of carbonyl (C=O) groups is 2. The Kier molecular flexibility index (Phi) is 6.94. The van der Waals surface area contributed by atoms with E-state index in [1.54, 1.807) is 31.3 Å². The topological polar surface area (TPSA) is 79.9 Å². The molecule has 0 spiro atoms. The van der Waals surface area contributed by atoms with Gasteiger partial charge in [0.15, 0.2) is 11.5 Å². The number of nitrogens with one attached hydrogen (secondary N) is 2. The van der Waals surface area contributed by atoms with Crippen molar-refractivity contribution in [2.45, 2.75) is 25.3 Å². The number of hydrogen-bond donors (Lipinski definition) is 2. The first kappa shape index (κ1) is 20.5. The van der Waals surface area contributed by atoms with Gasteiger partial charge in [-0.2, -0.15) is 0 Å². The van der Waals surface area contributed by atoms with Gasteiger partial charge in [-0.15, -0.1) is 0 Å². The molecule has 0 saturated carbocycles. The highest BCUT2D eigenvalue weighted by Crippen LogP contribution is 2.33. The number of carbonyl (C=O) groups excluding carboxylic acids is 2. The second-order valence-corrected chi connectivity index (χ2v) is 6.93. The zero-order valence-electron chi connectivity index (χ0n) is 16.8. The predicted octanol–water partition coefficient (Wildman–Crippen LogP) is 2.74. The van der Waals surface area contributed by atoms with E-state index >= 15 is 0 Å². The number of rotatable bonds is 8. The fourth-order valence-corrected chi connectivity index (χ4v) is 3.42. The highest BCUT2D eigenvalue weighted by atomic mass is 16.5. The second kappa shape index (κ2) is 9.82. The van der Waals surface area contributed by atoms with Crippen LogP contribution in [0, 0.1) is 0 Å². The summed E-state index contributed by atoms with van der Waals surface area (Å²) < 4.78 is 10.5. The van der Waals surface area contributed by atoms with Crippen LogP contribution in [-0.4, -0.2) is 45.3 Å². The first-order valence-electron chi connectivity index (χ1n) is 9.71. The lowest BCUT2D eigenvalue weighted by Gasteiger charge is -2.19. The zero-order chi connectivity index (χ0) is 20.6. The number of nitrogens with zero attached hydrogens (tertiary/aromatic N) is 1. The molecule has 29 heavy (non-hydrogen) atoms. The van der Waals surface area contributed by atoms with Crippen molar-refractivity contribution in [1.82, 2.24) is 10.6 Å². The van der Waals surface area contributed by atoms with Crippen molar-refractivity contribution in [2.75, 3.05) is 32.2 Å². The lowest BCUT2D eigenvalue weighted by molar-refractivity contribution is -0.117. The minimum atomic E-state index is -0.245. The maximum absolute atomic E-state index is 12.4. The van der Waals surface area contributed by atoms with Crippen LogP contribution in [0.5, 0.6) is 11.5 Å². The summed E-state index contributed by atoms with van der Waals surface area (Å²) in [5.74, 6) is 1.13. The van der Waals surface area contributed by atoms with Crippen molar-refractivity contribution >= 4 is 17.6 Å². The molecule has 7 heteroatoms. The number of urea groups is 1. The van der Waals surface area contributed by atoms with Gasteiger partial charge in [0.1, 0.15) is 0 Å². The van der Waals surface area contributed by atoms with Crippen LogP contribution in [0.1, 0.15) is 18.4 Å². The van der Waals surface area contributed by atoms with Crippen LogP contribution < -0.4 is 25.0 Å². The Morgan fingerprint density at radius 2 is 1.86 bits per heavy atom. The molecule has 0 bridgehead atoms. The third-order valence-electron chi connectivity index (χ3n) is 4.91. The Bertz CT molecular complexity index is 841. The van der Waals surface area contributed by atoms with Gasteiger partial charge in [-0.3, -0.25) is 4.79 Å². The molecule has 0 radical (unpaired) electrons. The highest BCUT2D eigenvalue weighted by Gasteiger charge is 2.32. The third kappa shape index (κ3) is 5.40. The maximum atomic E-state index is 12.4. The SMILES string of the molecule is COc1ccc(N2C[C@@H](NC(=O)NCCCc3ccccc3)CC2=O)cc1OC. The fourth-order valence-electron chi connectivity index (χ4n) is 3.42. The second-order valence-electron chi connectivity index (χ2n) is 6.93. The van der Waals surface area contributed by atoms with Gasteiger partial charge in [-0.05, 0) is 30.5 Å². The van der Waals surface area contributed by atoms with Gasteiger partial charge in [0.2, 0.25) is 5.91 Å². The molecule has 0 unspecified atom stereocenters. The lowest BCUT2D eigenvalue weighted by Crippen LogP contribution is -2.43. The van der Waals surface area contributed by atoms with E-state index in [0.717, 1.165) is 18.5 Å². The van der Waals surface area contributed by atoms with Gasteiger partial charge in [0, 0.05) is 31.3 Å². The molecular weight excluding hydrogens is 370 g/mol. The van der Waals surface area contributed by atoms with Crippen molar-refractivity contribution in [3.63, 3.8) is 0 Å². The van der Waals surface area contributed by atoms with E-state index in [-0.39, 0.29) is 24.4 Å². The van der Waals surface area contributed by atoms with Gasteiger partial charge in [0.25, 0.3) is 0 Å². The third-order valence-corrected chi connectivity index (χ3v) is 4.91. The first-order valence-corrected chi connectivity index (χ1v) is 9.71. The smallest absolute Gasteiger partial charge is 0.315 e. The molecule has 3 rings (SSSR count). The van der Waals surface area contributed by atoms with Gasteiger partial charge in [-0.25, -0.2) is 4.79 Å². The Labute approximate surface area is 171 Å². The minimum absolute atomic E-state index is 0.0356. The quantitative estimate of drug-likeness (QED) is 0.672. The average molecular weight is 397 g/mol. The van der Waals surface area contributed by atoms with Gasteiger partial charge >= 0.3 is 6.03 Å². The summed E-state index contributed by atoms with van der Waals surface area (Å²) >= 11 is 0. The molecule has 1 aliphatic heterocycles. The fraction of sp³-hybridized carbons (Fsp3) is 0.364. The summed E-state index contributed by atoms with van der Waals surface area (Å²) in [5.41, 5.74) is 1.97. The van der Waals surface area contributed by atoms with Gasteiger partial charge < -0.3 is 25.0 Å². The number of ether oxygens (including phenoxy) is 2. The van der Waals surface area contributed by atoms with Crippen LogP contribution in [0.15, 0.2) is 48.5 Å². The minimum Gasteiger partial charge on any atom is -0.493 e. The zero-order valence-corrected chi connectivity index (χ0v) is 16.8. The van der Waals surface area contributed by atoms with Crippen molar-refractivity contribution in [1.29, 1.82) is 0 Å².